The van der Waals surface area contributed by atoms with Crippen molar-refractivity contribution in [3.63, 3.8) is 0 Å². The highest BCUT2D eigenvalue weighted by Crippen LogP contribution is 2.61. The maximum atomic E-state index is 2.62. The monoisotopic (exact) mass is 244 g/mol. The molecule has 0 aliphatic heterocycles. The summed E-state index contributed by atoms with van der Waals surface area (Å²) < 4.78 is 0. The van der Waals surface area contributed by atoms with Crippen LogP contribution in [0.1, 0.15) is 71.1 Å². The van der Waals surface area contributed by atoms with E-state index in [1.807, 2.05) is 5.57 Å². The van der Waals surface area contributed by atoms with Gasteiger partial charge in [-0.05, 0) is 86.9 Å². The first-order valence-corrected chi connectivity index (χ1v) is 8.47. The van der Waals surface area contributed by atoms with E-state index >= 15 is 0 Å². The molecule has 0 spiro atoms. The van der Waals surface area contributed by atoms with E-state index in [1.54, 1.807) is 19.3 Å². The standard InChI is InChI=1S/C18H28/c1-18-11-4-7-17(18)16-9-8-13-5-2-3-6-14(13)15(16)10-12-18/h5,14-17H,2-4,6-12H2,1H3/t14?,15-,16-,17+,18+/m1/s1. The van der Waals surface area contributed by atoms with Crippen LogP contribution in [0, 0.1) is 29.1 Å². The predicted molar refractivity (Wildman–Crippen MR) is 76.3 cm³/mol. The van der Waals surface area contributed by atoms with Crippen LogP contribution in [0.2, 0.25) is 0 Å². The summed E-state index contributed by atoms with van der Waals surface area (Å²) in [5, 5.41) is 0. The summed E-state index contributed by atoms with van der Waals surface area (Å²) in [5.41, 5.74) is 2.63. The van der Waals surface area contributed by atoms with Gasteiger partial charge in [-0.1, -0.05) is 25.0 Å². The van der Waals surface area contributed by atoms with E-state index in [4.69, 9.17) is 0 Å². The predicted octanol–water partition coefficient (Wildman–Crippen LogP) is 5.34. The molecule has 3 fully saturated rings. The molecule has 0 radical (unpaired) electrons. The van der Waals surface area contributed by atoms with Gasteiger partial charge in [0, 0.05) is 0 Å². The largest absolute Gasteiger partial charge is 0.0850 e. The Hall–Kier alpha value is -0.260. The molecular formula is C18H28. The Balaban J connectivity index is 1.63. The van der Waals surface area contributed by atoms with Crippen molar-refractivity contribution in [2.75, 3.05) is 0 Å². The number of fused-ring (bicyclic) bond motifs is 5. The Kier molecular flexibility index (Phi) is 2.64. The average molecular weight is 244 g/mol. The summed E-state index contributed by atoms with van der Waals surface area (Å²) in [7, 11) is 0. The van der Waals surface area contributed by atoms with Crippen LogP contribution in [0.3, 0.4) is 0 Å². The number of hydrogen-bond acceptors (Lipinski definition) is 0. The van der Waals surface area contributed by atoms with E-state index in [1.165, 1.54) is 44.9 Å². The molecule has 0 N–H and O–H groups in total. The van der Waals surface area contributed by atoms with Gasteiger partial charge in [-0.2, -0.15) is 0 Å². The van der Waals surface area contributed by atoms with Gasteiger partial charge in [-0.3, -0.25) is 0 Å². The molecule has 0 heteroatoms. The minimum Gasteiger partial charge on any atom is -0.0850 e. The lowest BCUT2D eigenvalue weighted by Gasteiger charge is -2.53. The summed E-state index contributed by atoms with van der Waals surface area (Å²) in [6, 6.07) is 0. The van der Waals surface area contributed by atoms with Crippen LogP contribution < -0.4 is 0 Å². The summed E-state index contributed by atoms with van der Waals surface area (Å²) in [6.07, 6.45) is 17.7. The first-order valence-electron chi connectivity index (χ1n) is 8.47. The molecular weight excluding hydrogens is 216 g/mol. The summed E-state index contributed by atoms with van der Waals surface area (Å²) in [5.74, 6) is 4.30. The van der Waals surface area contributed by atoms with Crippen LogP contribution in [0.4, 0.5) is 0 Å². The van der Waals surface area contributed by atoms with Crippen LogP contribution in [-0.2, 0) is 0 Å². The maximum absolute atomic E-state index is 2.62. The molecule has 0 aromatic heterocycles. The SMILES string of the molecule is C[C@@]12CCC[C@H]1[C@@H]1CCC3=CCCCC3[C@H]1CC2. The fourth-order valence-electron chi connectivity index (χ4n) is 6.30. The topological polar surface area (TPSA) is 0 Å². The molecule has 5 atom stereocenters. The minimum absolute atomic E-state index is 0.747. The highest BCUT2D eigenvalue weighted by molar-refractivity contribution is 5.17. The Morgan fingerprint density at radius 1 is 1.00 bits per heavy atom. The zero-order valence-electron chi connectivity index (χ0n) is 12.0. The molecule has 100 valence electrons. The van der Waals surface area contributed by atoms with Gasteiger partial charge in [0.2, 0.25) is 0 Å². The molecule has 4 aliphatic carbocycles. The quantitative estimate of drug-likeness (QED) is 0.505. The van der Waals surface area contributed by atoms with Crippen molar-refractivity contribution < 1.29 is 0 Å². The first-order chi connectivity index (χ1) is 8.78. The van der Waals surface area contributed by atoms with Crippen molar-refractivity contribution in [3.05, 3.63) is 11.6 Å². The molecule has 1 unspecified atom stereocenters. The van der Waals surface area contributed by atoms with Gasteiger partial charge in [0.1, 0.15) is 0 Å². The highest BCUT2D eigenvalue weighted by Gasteiger charge is 2.51. The average Bonchev–Trinajstić information content (AvgIpc) is 2.80. The van der Waals surface area contributed by atoms with Gasteiger partial charge in [0.15, 0.2) is 0 Å². The molecule has 0 heterocycles. The fraction of sp³-hybridized carbons (Fsp3) is 0.889. The number of allylic oxidation sites excluding steroid dienone is 2. The van der Waals surface area contributed by atoms with Gasteiger partial charge in [-0.25, -0.2) is 0 Å². The molecule has 4 aliphatic rings. The lowest BCUT2D eigenvalue weighted by Crippen LogP contribution is -2.44. The van der Waals surface area contributed by atoms with E-state index in [0.29, 0.717) is 0 Å². The molecule has 4 rings (SSSR count). The number of rotatable bonds is 0. The van der Waals surface area contributed by atoms with Gasteiger partial charge in [-0.15, -0.1) is 0 Å². The van der Waals surface area contributed by atoms with E-state index in [-0.39, 0.29) is 0 Å². The Bertz CT molecular complexity index is 366. The highest BCUT2D eigenvalue weighted by atomic mass is 14.6. The second-order valence-electron chi connectivity index (χ2n) is 7.87. The molecule has 3 saturated carbocycles. The van der Waals surface area contributed by atoms with Crippen LogP contribution in [0.5, 0.6) is 0 Å². The molecule has 0 saturated heterocycles. The maximum Gasteiger partial charge on any atom is -0.0172 e. The Morgan fingerprint density at radius 2 is 1.94 bits per heavy atom. The third kappa shape index (κ3) is 1.57. The summed E-state index contributed by atoms with van der Waals surface area (Å²) in [6.45, 7) is 2.62. The molecule has 0 nitrogen and oxygen atoms in total. The second-order valence-corrected chi connectivity index (χ2v) is 7.87. The fourth-order valence-corrected chi connectivity index (χ4v) is 6.30. The normalized spacial score (nSPS) is 51.1. The van der Waals surface area contributed by atoms with Crippen LogP contribution >= 0.6 is 0 Å². The van der Waals surface area contributed by atoms with E-state index in [9.17, 15) is 0 Å². The second kappa shape index (κ2) is 4.12. The molecule has 18 heavy (non-hydrogen) atoms. The van der Waals surface area contributed by atoms with E-state index < -0.39 is 0 Å². The van der Waals surface area contributed by atoms with Crippen LogP contribution in [-0.4, -0.2) is 0 Å². The van der Waals surface area contributed by atoms with Gasteiger partial charge < -0.3 is 0 Å². The van der Waals surface area contributed by atoms with Crippen molar-refractivity contribution in [3.8, 4) is 0 Å². The van der Waals surface area contributed by atoms with Crippen molar-refractivity contribution in [1.82, 2.24) is 0 Å². The van der Waals surface area contributed by atoms with Gasteiger partial charge >= 0.3 is 0 Å². The molecule has 0 bridgehead atoms. The molecule has 0 aromatic rings. The van der Waals surface area contributed by atoms with Crippen molar-refractivity contribution in [2.24, 2.45) is 29.1 Å². The van der Waals surface area contributed by atoms with Gasteiger partial charge in [0.25, 0.3) is 0 Å². The first kappa shape index (κ1) is 11.6. The summed E-state index contributed by atoms with van der Waals surface area (Å²) in [4.78, 5) is 0. The third-order valence-corrected chi connectivity index (χ3v) is 7.16. The third-order valence-electron chi connectivity index (χ3n) is 7.16. The van der Waals surface area contributed by atoms with Crippen molar-refractivity contribution >= 4 is 0 Å². The zero-order chi connectivity index (χ0) is 12.2. The van der Waals surface area contributed by atoms with Gasteiger partial charge in [0.05, 0.1) is 0 Å². The van der Waals surface area contributed by atoms with E-state index in [2.05, 4.69) is 13.0 Å². The van der Waals surface area contributed by atoms with Crippen LogP contribution in [0.15, 0.2) is 11.6 Å². The lowest BCUT2D eigenvalue weighted by molar-refractivity contribution is -0.00114. The lowest BCUT2D eigenvalue weighted by atomic mass is 9.52. The Labute approximate surface area is 112 Å². The molecule has 0 aromatic carbocycles. The molecule has 0 amide bonds. The number of hydrogen-bond donors (Lipinski definition) is 0. The minimum atomic E-state index is 0.747. The van der Waals surface area contributed by atoms with Crippen LogP contribution in [0.25, 0.3) is 0 Å². The van der Waals surface area contributed by atoms with Crippen molar-refractivity contribution in [1.29, 1.82) is 0 Å². The summed E-state index contributed by atoms with van der Waals surface area (Å²) >= 11 is 0. The Morgan fingerprint density at radius 3 is 2.89 bits per heavy atom. The van der Waals surface area contributed by atoms with Crippen molar-refractivity contribution in [2.45, 2.75) is 71.1 Å². The van der Waals surface area contributed by atoms with E-state index in [0.717, 1.165) is 29.1 Å². The zero-order valence-corrected chi connectivity index (χ0v) is 12.0. The smallest absolute Gasteiger partial charge is 0.0172 e.